The number of ether oxygens (including phenoxy) is 1. The van der Waals surface area contributed by atoms with Crippen molar-refractivity contribution in [2.45, 2.75) is 25.5 Å². The number of hydrogen-bond donors (Lipinski definition) is 1. The summed E-state index contributed by atoms with van der Waals surface area (Å²) in [7, 11) is 0. The van der Waals surface area contributed by atoms with E-state index in [0.29, 0.717) is 6.54 Å². The van der Waals surface area contributed by atoms with Gasteiger partial charge in [-0.3, -0.25) is 9.88 Å². The molecule has 4 heteroatoms. The van der Waals surface area contributed by atoms with E-state index in [4.69, 9.17) is 10.5 Å². The second kappa shape index (κ2) is 6.52. The maximum atomic E-state index is 5.96. The molecule has 0 radical (unpaired) electrons. The Labute approximate surface area is 125 Å². The highest BCUT2D eigenvalue weighted by molar-refractivity contribution is 5.82. The summed E-state index contributed by atoms with van der Waals surface area (Å²) in [5.41, 5.74) is 8.26. The minimum Gasteiger partial charge on any atom is -0.374 e. The summed E-state index contributed by atoms with van der Waals surface area (Å²) in [5, 5.41) is 1.17. The summed E-state index contributed by atoms with van der Waals surface area (Å²) in [6, 6.07) is 10.7. The van der Waals surface area contributed by atoms with Gasteiger partial charge in [-0.2, -0.15) is 0 Å². The van der Waals surface area contributed by atoms with E-state index in [2.05, 4.69) is 41.1 Å². The summed E-state index contributed by atoms with van der Waals surface area (Å²) in [5.74, 6) is 0. The van der Waals surface area contributed by atoms with Crippen molar-refractivity contribution in [2.75, 3.05) is 26.2 Å². The van der Waals surface area contributed by atoms with Crippen LogP contribution in [0.15, 0.2) is 36.5 Å². The molecule has 21 heavy (non-hydrogen) atoms. The molecular formula is C17H23N3O. The van der Waals surface area contributed by atoms with Gasteiger partial charge in [-0.25, -0.2) is 0 Å². The van der Waals surface area contributed by atoms with E-state index in [-0.39, 0.29) is 12.1 Å². The standard InChI is InChI=1S/C17H23N3O/c1-2-9-20-10-11-21-15(12-18)17(20)14-7-3-5-13-6-4-8-19-16(13)14/h3-8,15,17H,2,9-12,18H2,1H3. The maximum absolute atomic E-state index is 5.96. The fraction of sp³-hybridized carbons (Fsp3) is 0.471. The Morgan fingerprint density at radius 3 is 3.00 bits per heavy atom. The van der Waals surface area contributed by atoms with Crippen molar-refractivity contribution in [3.8, 4) is 0 Å². The number of morpholine rings is 1. The molecule has 2 atom stereocenters. The molecule has 1 saturated heterocycles. The third-order valence-electron chi connectivity index (χ3n) is 4.18. The predicted octanol–water partition coefficient (Wildman–Crippen LogP) is 2.35. The van der Waals surface area contributed by atoms with Crippen LogP contribution in [-0.4, -0.2) is 42.2 Å². The zero-order valence-electron chi connectivity index (χ0n) is 12.5. The van der Waals surface area contributed by atoms with Crippen LogP contribution in [0.4, 0.5) is 0 Å². The van der Waals surface area contributed by atoms with Gasteiger partial charge in [-0.05, 0) is 24.6 Å². The monoisotopic (exact) mass is 285 g/mol. The molecule has 2 N–H and O–H groups in total. The molecule has 0 amide bonds. The fourth-order valence-electron chi connectivity index (χ4n) is 3.29. The summed E-state index contributed by atoms with van der Waals surface area (Å²) in [6.45, 7) is 5.53. The SMILES string of the molecule is CCCN1CCOC(CN)C1c1cccc2cccnc12. The molecule has 3 rings (SSSR count). The third kappa shape index (κ3) is 2.79. The zero-order chi connectivity index (χ0) is 14.7. The Kier molecular flexibility index (Phi) is 4.48. The van der Waals surface area contributed by atoms with E-state index in [1.165, 1.54) is 10.9 Å². The number of hydrogen-bond acceptors (Lipinski definition) is 4. The topological polar surface area (TPSA) is 51.4 Å². The van der Waals surface area contributed by atoms with E-state index >= 15 is 0 Å². The van der Waals surface area contributed by atoms with Gasteiger partial charge >= 0.3 is 0 Å². The van der Waals surface area contributed by atoms with Crippen molar-refractivity contribution in [1.82, 2.24) is 9.88 Å². The lowest BCUT2D eigenvalue weighted by atomic mass is 9.95. The van der Waals surface area contributed by atoms with E-state index < -0.39 is 0 Å². The molecule has 1 aromatic heterocycles. The average Bonchev–Trinajstić information content (AvgIpc) is 2.54. The number of nitrogens with two attached hydrogens (primary N) is 1. The zero-order valence-corrected chi connectivity index (χ0v) is 12.5. The highest BCUT2D eigenvalue weighted by Crippen LogP contribution is 2.33. The van der Waals surface area contributed by atoms with Crippen LogP contribution in [0, 0.1) is 0 Å². The second-order valence-corrected chi connectivity index (χ2v) is 5.55. The van der Waals surface area contributed by atoms with Gasteiger partial charge in [0.05, 0.1) is 24.3 Å². The highest BCUT2D eigenvalue weighted by atomic mass is 16.5. The molecule has 1 fully saturated rings. The molecule has 2 heterocycles. The quantitative estimate of drug-likeness (QED) is 0.937. The van der Waals surface area contributed by atoms with Crippen LogP contribution < -0.4 is 5.73 Å². The Hall–Kier alpha value is -1.49. The molecule has 1 aromatic carbocycles. The molecule has 4 nitrogen and oxygen atoms in total. The van der Waals surface area contributed by atoms with E-state index in [1.807, 2.05) is 12.3 Å². The molecular weight excluding hydrogens is 262 g/mol. The van der Waals surface area contributed by atoms with Crippen LogP contribution >= 0.6 is 0 Å². The summed E-state index contributed by atoms with van der Waals surface area (Å²) >= 11 is 0. The first-order valence-corrected chi connectivity index (χ1v) is 7.74. The van der Waals surface area contributed by atoms with Crippen LogP contribution in [0.2, 0.25) is 0 Å². The van der Waals surface area contributed by atoms with Gasteiger partial charge in [0, 0.05) is 24.7 Å². The lowest BCUT2D eigenvalue weighted by Gasteiger charge is -2.41. The third-order valence-corrected chi connectivity index (χ3v) is 4.18. The number of rotatable bonds is 4. The molecule has 112 valence electrons. The Morgan fingerprint density at radius 2 is 2.19 bits per heavy atom. The van der Waals surface area contributed by atoms with Crippen molar-refractivity contribution in [1.29, 1.82) is 0 Å². The molecule has 0 saturated carbocycles. The number of fused-ring (bicyclic) bond motifs is 1. The number of pyridine rings is 1. The van der Waals surface area contributed by atoms with Crippen molar-refractivity contribution >= 4 is 10.9 Å². The van der Waals surface area contributed by atoms with Crippen molar-refractivity contribution < 1.29 is 4.74 Å². The molecule has 0 spiro atoms. The lowest BCUT2D eigenvalue weighted by Crippen LogP contribution is -2.48. The van der Waals surface area contributed by atoms with Gasteiger partial charge in [0.25, 0.3) is 0 Å². The van der Waals surface area contributed by atoms with Gasteiger partial charge < -0.3 is 10.5 Å². The Balaban J connectivity index is 2.07. The van der Waals surface area contributed by atoms with Crippen LogP contribution in [0.1, 0.15) is 24.9 Å². The van der Waals surface area contributed by atoms with Crippen LogP contribution in [0.5, 0.6) is 0 Å². The summed E-state index contributed by atoms with van der Waals surface area (Å²) < 4.78 is 5.93. The highest BCUT2D eigenvalue weighted by Gasteiger charge is 2.33. The molecule has 0 aliphatic carbocycles. The smallest absolute Gasteiger partial charge is 0.0895 e. The molecule has 0 bridgehead atoms. The van der Waals surface area contributed by atoms with Crippen LogP contribution in [0.25, 0.3) is 10.9 Å². The molecule has 1 aliphatic rings. The second-order valence-electron chi connectivity index (χ2n) is 5.55. The van der Waals surface area contributed by atoms with Gasteiger partial charge in [0.15, 0.2) is 0 Å². The van der Waals surface area contributed by atoms with Gasteiger partial charge in [0.2, 0.25) is 0 Å². The first-order chi connectivity index (χ1) is 10.3. The van der Waals surface area contributed by atoms with Gasteiger partial charge in [0.1, 0.15) is 0 Å². The normalized spacial score (nSPS) is 23.5. The molecule has 1 aliphatic heterocycles. The lowest BCUT2D eigenvalue weighted by molar-refractivity contribution is -0.0672. The summed E-state index contributed by atoms with van der Waals surface area (Å²) in [6.07, 6.45) is 3.03. The maximum Gasteiger partial charge on any atom is 0.0895 e. The van der Waals surface area contributed by atoms with E-state index in [1.54, 1.807) is 0 Å². The van der Waals surface area contributed by atoms with Crippen LogP contribution in [0.3, 0.4) is 0 Å². The minimum absolute atomic E-state index is 0.0397. The minimum atomic E-state index is 0.0397. The van der Waals surface area contributed by atoms with E-state index in [9.17, 15) is 0 Å². The largest absolute Gasteiger partial charge is 0.374 e. The van der Waals surface area contributed by atoms with Gasteiger partial charge in [-0.15, -0.1) is 0 Å². The van der Waals surface area contributed by atoms with Crippen molar-refractivity contribution in [3.63, 3.8) is 0 Å². The molecule has 2 unspecified atom stereocenters. The van der Waals surface area contributed by atoms with Crippen molar-refractivity contribution in [3.05, 3.63) is 42.1 Å². The predicted molar refractivity (Wildman–Crippen MR) is 85.1 cm³/mol. The van der Waals surface area contributed by atoms with Gasteiger partial charge in [-0.1, -0.05) is 31.2 Å². The first-order valence-electron chi connectivity index (χ1n) is 7.74. The number of nitrogens with zero attached hydrogens (tertiary/aromatic N) is 2. The molecule has 2 aromatic rings. The first kappa shape index (κ1) is 14.4. The number of aromatic nitrogens is 1. The van der Waals surface area contributed by atoms with Crippen LogP contribution in [-0.2, 0) is 4.74 Å². The Morgan fingerprint density at radius 1 is 1.33 bits per heavy atom. The summed E-state index contributed by atoms with van der Waals surface area (Å²) in [4.78, 5) is 7.09. The Bertz CT molecular complexity index is 594. The van der Waals surface area contributed by atoms with E-state index in [0.717, 1.165) is 31.6 Å². The number of benzene rings is 1. The number of para-hydroxylation sites is 1. The van der Waals surface area contributed by atoms with Crippen molar-refractivity contribution in [2.24, 2.45) is 5.73 Å². The fourth-order valence-corrected chi connectivity index (χ4v) is 3.29. The average molecular weight is 285 g/mol.